The molecule has 4 heteroatoms. The third-order valence-electron chi connectivity index (χ3n) is 3.71. The normalized spacial score (nSPS) is 10.4. The number of thioether (sulfide) groups is 2. The Labute approximate surface area is 157 Å². The van der Waals surface area contributed by atoms with Crippen molar-refractivity contribution in [1.82, 2.24) is 0 Å². The van der Waals surface area contributed by atoms with Gasteiger partial charge in [0.25, 0.3) is 5.91 Å². The molecule has 0 radical (unpaired) electrons. The Morgan fingerprint density at radius 2 is 1.56 bits per heavy atom. The molecule has 0 saturated carbocycles. The van der Waals surface area contributed by atoms with E-state index in [-0.39, 0.29) is 5.91 Å². The molecule has 1 amide bonds. The van der Waals surface area contributed by atoms with E-state index < -0.39 is 0 Å². The minimum absolute atomic E-state index is 0.0728. The van der Waals surface area contributed by atoms with Crippen molar-refractivity contribution in [3.05, 3.63) is 90.0 Å². The van der Waals surface area contributed by atoms with Crippen LogP contribution in [0, 0.1) is 0 Å². The lowest BCUT2D eigenvalue weighted by Crippen LogP contribution is -2.12. The first-order chi connectivity index (χ1) is 12.3. The van der Waals surface area contributed by atoms with Crippen molar-refractivity contribution in [3.63, 3.8) is 0 Å². The van der Waals surface area contributed by atoms with Crippen LogP contribution in [-0.4, -0.2) is 12.2 Å². The van der Waals surface area contributed by atoms with E-state index in [0.29, 0.717) is 5.56 Å². The van der Waals surface area contributed by atoms with Crippen LogP contribution in [0.5, 0.6) is 0 Å². The number of benzene rings is 3. The number of rotatable bonds is 6. The van der Waals surface area contributed by atoms with Crippen molar-refractivity contribution in [2.75, 3.05) is 11.6 Å². The van der Waals surface area contributed by atoms with Gasteiger partial charge in [0.1, 0.15) is 0 Å². The number of carbonyl (C=O) groups is 1. The molecule has 1 N–H and O–H groups in total. The van der Waals surface area contributed by atoms with Crippen molar-refractivity contribution < 1.29 is 4.79 Å². The van der Waals surface area contributed by atoms with E-state index in [9.17, 15) is 4.79 Å². The summed E-state index contributed by atoms with van der Waals surface area (Å²) in [5.41, 5.74) is 2.75. The van der Waals surface area contributed by atoms with Crippen molar-refractivity contribution in [2.24, 2.45) is 0 Å². The van der Waals surface area contributed by atoms with Crippen LogP contribution >= 0.6 is 23.5 Å². The zero-order chi connectivity index (χ0) is 17.5. The maximum Gasteiger partial charge on any atom is 0.256 e. The van der Waals surface area contributed by atoms with Crippen LogP contribution in [0.3, 0.4) is 0 Å². The van der Waals surface area contributed by atoms with Gasteiger partial charge in [0, 0.05) is 21.2 Å². The second-order valence-electron chi connectivity index (χ2n) is 5.45. The molecule has 126 valence electrons. The molecule has 0 saturated heterocycles. The highest BCUT2D eigenvalue weighted by Gasteiger charge is 2.10. The van der Waals surface area contributed by atoms with Crippen LogP contribution in [0.15, 0.2) is 88.7 Å². The number of amides is 1. The minimum atomic E-state index is -0.0728. The standard InChI is InChI=1S/C21H19NOS2/c1-24-20-10-6-5-9-19(20)21(23)22-17-13-11-16(12-14-17)15-25-18-7-3-2-4-8-18/h2-14H,15H2,1H3,(H,22,23). The molecule has 0 bridgehead atoms. The van der Waals surface area contributed by atoms with E-state index in [1.165, 1.54) is 10.5 Å². The molecule has 0 aliphatic heterocycles. The Hall–Kier alpha value is -2.17. The molecule has 0 aromatic heterocycles. The van der Waals surface area contributed by atoms with Gasteiger partial charge >= 0.3 is 0 Å². The van der Waals surface area contributed by atoms with Crippen molar-refractivity contribution in [3.8, 4) is 0 Å². The summed E-state index contributed by atoms with van der Waals surface area (Å²) in [5, 5.41) is 2.97. The van der Waals surface area contributed by atoms with Crippen LogP contribution in [-0.2, 0) is 5.75 Å². The van der Waals surface area contributed by atoms with E-state index in [4.69, 9.17) is 0 Å². The summed E-state index contributed by atoms with van der Waals surface area (Å²) in [4.78, 5) is 14.7. The molecule has 0 fully saturated rings. The number of hydrogen-bond acceptors (Lipinski definition) is 3. The van der Waals surface area contributed by atoms with Crippen molar-refractivity contribution in [2.45, 2.75) is 15.5 Å². The Balaban J connectivity index is 1.61. The Kier molecular flexibility index (Phi) is 6.20. The topological polar surface area (TPSA) is 29.1 Å². The summed E-state index contributed by atoms with van der Waals surface area (Å²) in [6, 6.07) is 26.0. The van der Waals surface area contributed by atoms with Gasteiger partial charge in [-0.05, 0) is 48.2 Å². The lowest BCUT2D eigenvalue weighted by Gasteiger charge is -2.09. The second-order valence-corrected chi connectivity index (χ2v) is 7.35. The first-order valence-corrected chi connectivity index (χ1v) is 10.2. The van der Waals surface area contributed by atoms with Gasteiger partial charge in [-0.1, -0.05) is 42.5 Å². The largest absolute Gasteiger partial charge is 0.322 e. The number of hydrogen-bond donors (Lipinski definition) is 1. The van der Waals surface area contributed by atoms with Crippen LogP contribution < -0.4 is 5.32 Å². The van der Waals surface area contributed by atoms with E-state index in [1.54, 1.807) is 23.5 Å². The van der Waals surface area contributed by atoms with Crippen molar-refractivity contribution in [1.29, 1.82) is 0 Å². The lowest BCUT2D eigenvalue weighted by molar-refractivity contribution is 0.102. The monoisotopic (exact) mass is 365 g/mol. The molecular formula is C21H19NOS2. The SMILES string of the molecule is CSc1ccccc1C(=O)Nc1ccc(CSc2ccccc2)cc1. The highest BCUT2D eigenvalue weighted by atomic mass is 32.2. The van der Waals surface area contributed by atoms with E-state index in [2.05, 4.69) is 29.6 Å². The minimum Gasteiger partial charge on any atom is -0.322 e. The second kappa shape index (κ2) is 8.79. The van der Waals surface area contributed by atoms with Gasteiger partial charge in [-0.3, -0.25) is 4.79 Å². The lowest BCUT2D eigenvalue weighted by atomic mass is 10.2. The molecule has 0 spiro atoms. The van der Waals surface area contributed by atoms with E-state index in [1.807, 2.05) is 60.9 Å². The highest BCUT2D eigenvalue weighted by molar-refractivity contribution is 7.98. The molecule has 2 nitrogen and oxygen atoms in total. The van der Waals surface area contributed by atoms with Gasteiger partial charge < -0.3 is 5.32 Å². The summed E-state index contributed by atoms with van der Waals surface area (Å²) < 4.78 is 0. The van der Waals surface area contributed by atoms with Gasteiger partial charge in [-0.15, -0.1) is 23.5 Å². The Bertz CT molecular complexity index is 832. The fourth-order valence-corrected chi connectivity index (χ4v) is 3.87. The fourth-order valence-electron chi connectivity index (χ4n) is 2.40. The smallest absolute Gasteiger partial charge is 0.256 e. The molecule has 0 atom stereocenters. The molecule has 3 aromatic carbocycles. The molecule has 25 heavy (non-hydrogen) atoms. The maximum atomic E-state index is 12.5. The van der Waals surface area contributed by atoms with Crippen LogP contribution in [0.1, 0.15) is 15.9 Å². The van der Waals surface area contributed by atoms with Crippen LogP contribution in [0.4, 0.5) is 5.69 Å². The molecule has 0 heterocycles. The van der Waals surface area contributed by atoms with Gasteiger partial charge in [0.15, 0.2) is 0 Å². The van der Waals surface area contributed by atoms with E-state index >= 15 is 0 Å². The predicted octanol–water partition coefficient (Wildman–Crippen LogP) is 5.95. The van der Waals surface area contributed by atoms with Gasteiger partial charge in [-0.25, -0.2) is 0 Å². The molecule has 0 aliphatic carbocycles. The maximum absolute atomic E-state index is 12.5. The molecule has 3 rings (SSSR count). The number of carbonyl (C=O) groups excluding carboxylic acids is 1. The van der Waals surface area contributed by atoms with Gasteiger partial charge in [0.05, 0.1) is 5.56 Å². The first kappa shape index (κ1) is 17.6. The number of anilines is 1. The average molecular weight is 366 g/mol. The Morgan fingerprint density at radius 3 is 2.28 bits per heavy atom. The fraction of sp³-hybridized carbons (Fsp3) is 0.0952. The number of nitrogens with one attached hydrogen (secondary N) is 1. The zero-order valence-electron chi connectivity index (χ0n) is 13.9. The van der Waals surface area contributed by atoms with Crippen LogP contribution in [0.2, 0.25) is 0 Å². The summed E-state index contributed by atoms with van der Waals surface area (Å²) >= 11 is 3.38. The third-order valence-corrected chi connectivity index (χ3v) is 5.59. The van der Waals surface area contributed by atoms with Gasteiger partial charge in [-0.2, -0.15) is 0 Å². The predicted molar refractivity (Wildman–Crippen MR) is 109 cm³/mol. The molecule has 0 aliphatic rings. The van der Waals surface area contributed by atoms with Crippen molar-refractivity contribution >= 4 is 35.1 Å². The summed E-state index contributed by atoms with van der Waals surface area (Å²) in [6.45, 7) is 0. The van der Waals surface area contributed by atoms with Crippen LogP contribution in [0.25, 0.3) is 0 Å². The molecular weight excluding hydrogens is 346 g/mol. The van der Waals surface area contributed by atoms with E-state index in [0.717, 1.165) is 16.3 Å². The summed E-state index contributed by atoms with van der Waals surface area (Å²) in [5.74, 6) is 0.837. The third kappa shape index (κ3) is 4.91. The molecule has 3 aromatic rings. The quantitative estimate of drug-likeness (QED) is 0.547. The summed E-state index contributed by atoms with van der Waals surface area (Å²) in [6.07, 6.45) is 1.98. The first-order valence-electron chi connectivity index (χ1n) is 7.97. The average Bonchev–Trinajstić information content (AvgIpc) is 2.68. The zero-order valence-corrected chi connectivity index (χ0v) is 15.6. The Morgan fingerprint density at radius 1 is 0.880 bits per heavy atom. The highest BCUT2D eigenvalue weighted by Crippen LogP contribution is 2.24. The summed E-state index contributed by atoms with van der Waals surface area (Å²) in [7, 11) is 0. The molecule has 0 unspecified atom stereocenters. The van der Waals surface area contributed by atoms with Gasteiger partial charge in [0.2, 0.25) is 0 Å².